The number of nitrogens with two attached hydrogens (primary N) is 1. The van der Waals surface area contributed by atoms with E-state index in [0.717, 1.165) is 18.5 Å². The van der Waals surface area contributed by atoms with E-state index in [1.807, 2.05) is 0 Å². The summed E-state index contributed by atoms with van der Waals surface area (Å²) in [6, 6.07) is 6.87. The monoisotopic (exact) mass is 304 g/mol. The zero-order valence-corrected chi connectivity index (χ0v) is 13.6. The highest BCUT2D eigenvalue weighted by molar-refractivity contribution is 5.98. The lowest BCUT2D eigenvalue weighted by Gasteiger charge is -2.06. The largest absolute Gasteiger partial charge is 0.326 e. The highest BCUT2D eigenvalue weighted by Gasteiger charge is 2.05. The minimum atomic E-state index is -0.0963. The summed E-state index contributed by atoms with van der Waals surface area (Å²) in [5, 5.41) is 2.86. The van der Waals surface area contributed by atoms with E-state index < -0.39 is 0 Å². The molecule has 1 rings (SSSR count). The van der Waals surface area contributed by atoms with Gasteiger partial charge < -0.3 is 11.1 Å². The lowest BCUT2D eigenvalue weighted by atomic mass is 10.1. The second-order valence-corrected chi connectivity index (χ2v) is 5.62. The fourth-order valence-corrected chi connectivity index (χ4v) is 2.32. The Kier molecular flexibility index (Phi) is 9.15. The number of hydrogen-bond donors (Lipinski definition) is 2. The number of carbonyl (C=O) groups is 2. The molecule has 1 amide bonds. The molecular weight excluding hydrogens is 276 g/mol. The van der Waals surface area contributed by atoms with Crippen molar-refractivity contribution < 1.29 is 9.59 Å². The molecule has 3 N–H and O–H groups in total. The fraction of sp³-hybridized carbons (Fsp3) is 0.556. The van der Waals surface area contributed by atoms with Gasteiger partial charge in [0.1, 0.15) is 0 Å². The number of ketones is 1. The summed E-state index contributed by atoms with van der Waals surface area (Å²) in [4.78, 5) is 23.2. The summed E-state index contributed by atoms with van der Waals surface area (Å²) in [7, 11) is 0. The Morgan fingerprint density at radius 1 is 0.955 bits per heavy atom. The van der Waals surface area contributed by atoms with Gasteiger partial charge in [-0.15, -0.1) is 0 Å². The van der Waals surface area contributed by atoms with Crippen molar-refractivity contribution in [2.75, 3.05) is 11.9 Å². The van der Waals surface area contributed by atoms with Gasteiger partial charge in [0.25, 0.3) is 0 Å². The summed E-state index contributed by atoms with van der Waals surface area (Å²) in [5.41, 5.74) is 6.61. The molecule has 0 bridgehead atoms. The number of rotatable bonds is 11. The predicted octanol–water partition coefficient (Wildman–Crippen LogP) is 3.91. The van der Waals surface area contributed by atoms with Crippen molar-refractivity contribution >= 4 is 17.4 Å². The lowest BCUT2D eigenvalue weighted by Crippen LogP contribution is -2.14. The highest BCUT2D eigenvalue weighted by atomic mass is 16.1. The second-order valence-electron chi connectivity index (χ2n) is 5.62. The van der Waals surface area contributed by atoms with Crippen LogP contribution in [0.4, 0.5) is 5.69 Å². The lowest BCUT2D eigenvalue weighted by molar-refractivity contribution is -0.116. The van der Waals surface area contributed by atoms with Crippen LogP contribution in [0.3, 0.4) is 0 Å². The SMILES string of the molecule is CCCCCCCCCC(=O)Nc1ccc(C(=O)CN)cc1. The molecule has 0 spiro atoms. The van der Waals surface area contributed by atoms with E-state index in [-0.39, 0.29) is 18.2 Å². The summed E-state index contributed by atoms with van der Waals surface area (Å²) in [5.74, 6) is -0.0626. The van der Waals surface area contributed by atoms with Crippen molar-refractivity contribution in [3.8, 4) is 0 Å². The smallest absolute Gasteiger partial charge is 0.224 e. The molecule has 0 aliphatic rings. The molecule has 0 aromatic heterocycles. The molecule has 0 radical (unpaired) electrons. The van der Waals surface area contributed by atoms with E-state index in [1.165, 1.54) is 32.1 Å². The molecule has 0 saturated heterocycles. The van der Waals surface area contributed by atoms with E-state index in [4.69, 9.17) is 5.73 Å². The molecule has 122 valence electrons. The predicted molar refractivity (Wildman–Crippen MR) is 91.1 cm³/mol. The third-order valence-corrected chi connectivity index (χ3v) is 3.68. The standard InChI is InChI=1S/C18H28N2O2/c1-2-3-4-5-6-7-8-9-18(22)20-16-12-10-15(11-13-16)17(21)14-19/h10-13H,2-9,14,19H2,1H3,(H,20,22). The van der Waals surface area contributed by atoms with Gasteiger partial charge in [0, 0.05) is 17.7 Å². The van der Waals surface area contributed by atoms with Crippen molar-refractivity contribution in [3.05, 3.63) is 29.8 Å². The van der Waals surface area contributed by atoms with Gasteiger partial charge >= 0.3 is 0 Å². The number of carbonyl (C=O) groups excluding carboxylic acids is 2. The van der Waals surface area contributed by atoms with E-state index >= 15 is 0 Å². The number of anilines is 1. The molecule has 22 heavy (non-hydrogen) atoms. The molecule has 1 aromatic carbocycles. The molecular formula is C18H28N2O2. The summed E-state index contributed by atoms with van der Waals surface area (Å²) in [6.45, 7) is 2.22. The van der Waals surface area contributed by atoms with Crippen molar-refractivity contribution in [1.82, 2.24) is 0 Å². The number of unbranched alkanes of at least 4 members (excludes halogenated alkanes) is 6. The van der Waals surface area contributed by atoms with E-state index in [0.29, 0.717) is 12.0 Å². The van der Waals surface area contributed by atoms with Gasteiger partial charge in [0.05, 0.1) is 6.54 Å². The van der Waals surface area contributed by atoms with Crippen LogP contribution in [0.5, 0.6) is 0 Å². The minimum Gasteiger partial charge on any atom is -0.326 e. The van der Waals surface area contributed by atoms with E-state index in [1.54, 1.807) is 24.3 Å². The van der Waals surface area contributed by atoms with Crippen LogP contribution in [-0.2, 0) is 4.79 Å². The maximum absolute atomic E-state index is 11.8. The maximum atomic E-state index is 11.8. The Balaban J connectivity index is 2.20. The van der Waals surface area contributed by atoms with Gasteiger partial charge in [-0.3, -0.25) is 9.59 Å². The van der Waals surface area contributed by atoms with E-state index in [9.17, 15) is 9.59 Å². The maximum Gasteiger partial charge on any atom is 0.224 e. The number of hydrogen-bond acceptors (Lipinski definition) is 3. The van der Waals surface area contributed by atoms with Gasteiger partial charge in [-0.1, -0.05) is 45.4 Å². The summed E-state index contributed by atoms with van der Waals surface area (Å²) >= 11 is 0. The van der Waals surface area contributed by atoms with Crippen LogP contribution < -0.4 is 11.1 Å². The molecule has 0 heterocycles. The van der Waals surface area contributed by atoms with Crippen molar-refractivity contribution in [2.24, 2.45) is 5.73 Å². The molecule has 4 heteroatoms. The summed E-state index contributed by atoms with van der Waals surface area (Å²) < 4.78 is 0. The second kappa shape index (κ2) is 11.0. The normalized spacial score (nSPS) is 10.5. The first-order chi connectivity index (χ1) is 10.7. The number of benzene rings is 1. The van der Waals surface area contributed by atoms with Gasteiger partial charge in [0.2, 0.25) is 5.91 Å². The first kappa shape index (κ1) is 18.4. The van der Waals surface area contributed by atoms with Gasteiger partial charge in [-0.2, -0.15) is 0 Å². The van der Waals surface area contributed by atoms with Crippen LogP contribution in [0.25, 0.3) is 0 Å². The van der Waals surface area contributed by atoms with Crippen LogP contribution in [0.15, 0.2) is 24.3 Å². The third-order valence-electron chi connectivity index (χ3n) is 3.68. The zero-order chi connectivity index (χ0) is 16.2. The molecule has 0 saturated carbocycles. The number of amides is 1. The molecule has 1 aromatic rings. The van der Waals surface area contributed by atoms with Gasteiger partial charge in [-0.05, 0) is 30.7 Å². The van der Waals surface area contributed by atoms with Crippen molar-refractivity contribution in [2.45, 2.75) is 58.3 Å². The molecule has 0 unspecified atom stereocenters. The molecule has 0 fully saturated rings. The topological polar surface area (TPSA) is 72.2 Å². The fourth-order valence-electron chi connectivity index (χ4n) is 2.32. The number of nitrogens with one attached hydrogen (secondary N) is 1. The molecule has 0 aliphatic heterocycles. The molecule has 0 atom stereocenters. The molecule has 0 aliphatic carbocycles. The Hall–Kier alpha value is -1.68. The molecule has 4 nitrogen and oxygen atoms in total. The Morgan fingerprint density at radius 3 is 2.14 bits per heavy atom. The van der Waals surface area contributed by atoms with Crippen LogP contribution in [0, 0.1) is 0 Å². The van der Waals surface area contributed by atoms with E-state index in [2.05, 4.69) is 12.2 Å². The van der Waals surface area contributed by atoms with Crippen molar-refractivity contribution in [1.29, 1.82) is 0 Å². The highest BCUT2D eigenvalue weighted by Crippen LogP contribution is 2.12. The average Bonchev–Trinajstić information content (AvgIpc) is 2.54. The van der Waals surface area contributed by atoms with Crippen molar-refractivity contribution in [3.63, 3.8) is 0 Å². The average molecular weight is 304 g/mol. The first-order valence-corrected chi connectivity index (χ1v) is 8.30. The third kappa shape index (κ3) is 7.36. The number of Topliss-reactive ketones (excluding diaryl/α,β-unsaturated/α-hetero) is 1. The van der Waals surface area contributed by atoms with Gasteiger partial charge in [0.15, 0.2) is 5.78 Å². The quantitative estimate of drug-likeness (QED) is 0.481. The minimum absolute atomic E-state index is 0.00393. The van der Waals surface area contributed by atoms with Crippen LogP contribution in [0.1, 0.15) is 68.6 Å². The van der Waals surface area contributed by atoms with Gasteiger partial charge in [-0.25, -0.2) is 0 Å². The van der Waals surface area contributed by atoms with Crippen LogP contribution >= 0.6 is 0 Å². The van der Waals surface area contributed by atoms with Crippen LogP contribution in [0.2, 0.25) is 0 Å². The zero-order valence-electron chi connectivity index (χ0n) is 13.6. The Labute approximate surface area is 133 Å². The summed E-state index contributed by atoms with van der Waals surface area (Å²) in [6.07, 6.45) is 8.95. The van der Waals surface area contributed by atoms with Crippen LogP contribution in [-0.4, -0.2) is 18.2 Å². The first-order valence-electron chi connectivity index (χ1n) is 8.30. The Morgan fingerprint density at radius 2 is 1.55 bits per heavy atom. The Bertz CT molecular complexity index is 455.